The summed E-state index contributed by atoms with van der Waals surface area (Å²) in [6.07, 6.45) is 0.893. The molecule has 0 saturated carbocycles. The number of rotatable bonds is 10. The number of hydrogen-bond acceptors (Lipinski definition) is 7. The first-order chi connectivity index (χ1) is 14.8. The molecular weight excluding hydrogens is 404 g/mol. The second-order valence-corrected chi connectivity index (χ2v) is 7.41. The van der Waals surface area contributed by atoms with Crippen molar-refractivity contribution in [2.45, 2.75) is 40.2 Å². The lowest BCUT2D eigenvalue weighted by molar-refractivity contribution is -0.139. The van der Waals surface area contributed by atoms with Crippen LogP contribution in [0.15, 0.2) is 29.5 Å². The molecule has 1 atom stereocenters. The monoisotopic (exact) mass is 434 g/mol. The lowest BCUT2D eigenvalue weighted by Gasteiger charge is -2.26. The van der Waals surface area contributed by atoms with E-state index in [0.29, 0.717) is 24.0 Å². The van der Waals surface area contributed by atoms with Crippen LogP contribution in [-0.4, -0.2) is 50.9 Å². The summed E-state index contributed by atoms with van der Waals surface area (Å²) in [6, 6.07) is 3.67. The van der Waals surface area contributed by atoms with Crippen molar-refractivity contribution in [3.63, 3.8) is 0 Å². The van der Waals surface area contributed by atoms with Crippen molar-refractivity contribution >= 4 is 18.0 Å². The van der Waals surface area contributed by atoms with Crippen molar-refractivity contribution in [2.75, 3.05) is 26.9 Å². The van der Waals surface area contributed by atoms with Gasteiger partial charge in [0.2, 0.25) is 0 Å². The molecule has 31 heavy (non-hydrogen) atoms. The van der Waals surface area contributed by atoms with Gasteiger partial charge in [-0.15, -0.1) is 0 Å². The van der Waals surface area contributed by atoms with Gasteiger partial charge in [0.25, 0.3) is 0 Å². The molecule has 0 aliphatic carbocycles. The van der Waals surface area contributed by atoms with Gasteiger partial charge in [-0.05, 0) is 44.4 Å². The summed E-state index contributed by atoms with van der Waals surface area (Å²) in [4.78, 5) is 36.6. The fraction of sp³-hybridized carbons (Fsp3) is 0.500. The first-order valence-corrected chi connectivity index (χ1v) is 10.2. The van der Waals surface area contributed by atoms with Gasteiger partial charge in [-0.2, -0.15) is 0 Å². The van der Waals surface area contributed by atoms with Crippen LogP contribution >= 0.6 is 0 Å². The van der Waals surface area contributed by atoms with E-state index in [1.165, 1.54) is 13.2 Å². The third-order valence-electron chi connectivity index (χ3n) is 4.57. The quantitative estimate of drug-likeness (QED) is 0.545. The Balaban J connectivity index is 2.12. The summed E-state index contributed by atoms with van der Waals surface area (Å²) < 4.78 is 21.4. The number of hydrogen-bond donors (Lipinski definition) is 2. The molecule has 0 radical (unpaired) electrons. The molecule has 1 aromatic rings. The van der Waals surface area contributed by atoms with Gasteiger partial charge in [-0.3, -0.25) is 0 Å². The fourth-order valence-electron chi connectivity index (χ4n) is 2.93. The molecule has 9 heteroatoms. The van der Waals surface area contributed by atoms with Gasteiger partial charge < -0.3 is 29.6 Å². The second kappa shape index (κ2) is 11.2. The Morgan fingerprint density at radius 1 is 1.13 bits per heavy atom. The Labute approximate surface area is 182 Å². The fourth-order valence-corrected chi connectivity index (χ4v) is 2.93. The number of urea groups is 1. The van der Waals surface area contributed by atoms with Crippen molar-refractivity contribution in [1.82, 2.24) is 10.6 Å². The molecule has 1 aliphatic rings. The van der Waals surface area contributed by atoms with Crippen LogP contribution in [0.4, 0.5) is 4.79 Å². The maximum Gasteiger partial charge on any atom is 0.338 e. The van der Waals surface area contributed by atoms with Crippen LogP contribution in [0.5, 0.6) is 11.5 Å². The average Bonchev–Trinajstić information content (AvgIpc) is 2.71. The van der Waals surface area contributed by atoms with Crippen molar-refractivity contribution in [3.05, 3.63) is 35.0 Å². The third kappa shape index (κ3) is 6.63. The van der Waals surface area contributed by atoms with Gasteiger partial charge in [0, 0.05) is 0 Å². The number of esters is 2. The molecular formula is C22H30N2O7. The highest BCUT2D eigenvalue weighted by Crippen LogP contribution is 2.29. The summed E-state index contributed by atoms with van der Waals surface area (Å²) in [5, 5.41) is 5.10. The number of ether oxygens (including phenoxy) is 4. The Bertz CT molecular complexity index is 848. The minimum absolute atomic E-state index is 0.182. The smallest absolute Gasteiger partial charge is 0.338 e. The molecule has 170 valence electrons. The normalized spacial score (nSPS) is 15.8. The minimum atomic E-state index is -0.636. The van der Waals surface area contributed by atoms with Gasteiger partial charge in [-0.1, -0.05) is 13.8 Å². The van der Waals surface area contributed by atoms with E-state index < -0.39 is 24.0 Å². The lowest BCUT2D eigenvalue weighted by Crippen LogP contribution is -2.50. The zero-order valence-corrected chi connectivity index (χ0v) is 18.6. The number of carbonyl (C=O) groups is 3. The Morgan fingerprint density at radius 3 is 2.52 bits per heavy atom. The molecule has 1 aliphatic heterocycles. The van der Waals surface area contributed by atoms with E-state index in [4.69, 9.17) is 18.9 Å². The Hall–Kier alpha value is -3.23. The Morgan fingerprint density at radius 2 is 1.87 bits per heavy atom. The first kappa shape index (κ1) is 24.0. The summed E-state index contributed by atoms with van der Waals surface area (Å²) in [5.41, 5.74) is 0.643. The number of benzene rings is 1. The van der Waals surface area contributed by atoms with Gasteiger partial charge in [0.05, 0.1) is 43.2 Å². The van der Waals surface area contributed by atoms with Crippen molar-refractivity contribution < 1.29 is 33.3 Å². The van der Waals surface area contributed by atoms with Crippen molar-refractivity contribution in [1.29, 1.82) is 0 Å². The lowest BCUT2D eigenvalue weighted by atomic mass is 10.0. The van der Waals surface area contributed by atoms with E-state index in [0.717, 1.165) is 6.42 Å². The van der Waals surface area contributed by atoms with E-state index in [9.17, 15) is 14.4 Å². The topological polar surface area (TPSA) is 112 Å². The maximum atomic E-state index is 12.5. The summed E-state index contributed by atoms with van der Waals surface area (Å²) >= 11 is 0. The maximum absolute atomic E-state index is 12.5. The number of nitrogens with one attached hydrogen (secondary N) is 2. The third-order valence-corrected chi connectivity index (χ3v) is 4.57. The van der Waals surface area contributed by atoms with Crippen LogP contribution in [0.2, 0.25) is 0 Å². The number of methoxy groups -OCH3 is 1. The van der Waals surface area contributed by atoms with Crippen LogP contribution in [0.1, 0.15) is 44.5 Å². The zero-order chi connectivity index (χ0) is 23.0. The molecule has 0 aromatic heterocycles. The van der Waals surface area contributed by atoms with E-state index in [1.807, 2.05) is 0 Å². The van der Waals surface area contributed by atoms with Gasteiger partial charge in [0.1, 0.15) is 6.61 Å². The van der Waals surface area contributed by atoms with Crippen molar-refractivity contribution in [2.24, 2.45) is 5.92 Å². The Kier molecular flexibility index (Phi) is 8.72. The van der Waals surface area contributed by atoms with Crippen LogP contribution in [-0.2, 0) is 14.3 Å². The van der Waals surface area contributed by atoms with Crippen LogP contribution in [0.3, 0.4) is 0 Å². The summed E-state index contributed by atoms with van der Waals surface area (Å²) in [7, 11) is 1.49. The van der Waals surface area contributed by atoms with E-state index in [2.05, 4.69) is 24.5 Å². The minimum Gasteiger partial charge on any atom is -0.493 e. The largest absolute Gasteiger partial charge is 0.493 e. The van der Waals surface area contributed by atoms with Gasteiger partial charge >= 0.3 is 18.0 Å². The highest BCUT2D eigenvalue weighted by atomic mass is 16.5. The highest BCUT2D eigenvalue weighted by Gasteiger charge is 2.30. The first-order valence-electron chi connectivity index (χ1n) is 10.2. The van der Waals surface area contributed by atoms with Crippen molar-refractivity contribution in [3.8, 4) is 11.5 Å². The molecule has 2 rings (SSSR count). The molecule has 1 unspecified atom stereocenters. The summed E-state index contributed by atoms with van der Waals surface area (Å²) in [5.74, 6) is 0.230. The predicted molar refractivity (Wildman–Crippen MR) is 113 cm³/mol. The summed E-state index contributed by atoms with van der Waals surface area (Å²) in [6.45, 7) is 7.97. The van der Waals surface area contributed by atoms with Crippen LogP contribution in [0.25, 0.3) is 0 Å². The van der Waals surface area contributed by atoms with E-state index in [-0.39, 0.29) is 30.0 Å². The number of carbonyl (C=O) groups excluding carboxylic acids is 3. The predicted octanol–water partition coefficient (Wildman–Crippen LogP) is 2.80. The van der Waals surface area contributed by atoms with Crippen LogP contribution < -0.4 is 20.1 Å². The zero-order valence-electron chi connectivity index (χ0n) is 18.6. The highest BCUT2D eigenvalue weighted by molar-refractivity contribution is 5.95. The molecule has 9 nitrogen and oxygen atoms in total. The van der Waals surface area contributed by atoms with Gasteiger partial charge in [-0.25, -0.2) is 14.4 Å². The molecule has 2 amide bonds. The molecule has 0 spiro atoms. The molecule has 1 aromatic carbocycles. The second-order valence-electron chi connectivity index (χ2n) is 7.41. The van der Waals surface area contributed by atoms with Gasteiger partial charge in [0.15, 0.2) is 11.5 Å². The molecule has 2 N–H and O–H groups in total. The number of amides is 2. The van der Waals surface area contributed by atoms with E-state index >= 15 is 0 Å². The standard InChI is InChI=1S/C22H30N2O7/c1-6-29-21(26)19-14(4)23-22(27)24-16(19)12-31-20(25)15-7-8-17(18(11-15)28-5)30-10-9-13(2)3/h7-8,11,13-14H,6,9-10,12H2,1-5H3,(H2,23,24,27). The van der Waals surface area contributed by atoms with Crippen LogP contribution in [0, 0.1) is 5.92 Å². The molecule has 0 saturated heterocycles. The molecule has 0 bridgehead atoms. The van der Waals surface area contributed by atoms with E-state index in [1.54, 1.807) is 26.0 Å². The average molecular weight is 434 g/mol. The molecule has 0 fully saturated rings. The SMILES string of the molecule is CCOC(=O)C1=C(COC(=O)c2ccc(OCCC(C)C)c(OC)c2)NC(=O)NC1C. The molecule has 1 heterocycles.